The first-order valence-electron chi connectivity index (χ1n) is 7.29. The monoisotopic (exact) mass is 275 g/mol. The summed E-state index contributed by atoms with van der Waals surface area (Å²) in [6, 6.07) is 1.84. The molecular weight excluding hydrogens is 254 g/mol. The van der Waals surface area contributed by atoms with Crippen LogP contribution in [-0.2, 0) is 0 Å². The summed E-state index contributed by atoms with van der Waals surface area (Å²) in [5.74, 6) is 0.913. The molecule has 2 fully saturated rings. The van der Waals surface area contributed by atoms with E-state index in [1.165, 1.54) is 6.33 Å². The van der Waals surface area contributed by atoms with Gasteiger partial charge in [-0.3, -0.25) is 4.79 Å². The highest BCUT2D eigenvalue weighted by atomic mass is 16.2. The van der Waals surface area contributed by atoms with Gasteiger partial charge in [-0.1, -0.05) is 0 Å². The fraction of sp³-hybridized carbons (Fsp3) is 0.643. The van der Waals surface area contributed by atoms with E-state index in [4.69, 9.17) is 0 Å². The van der Waals surface area contributed by atoms with Gasteiger partial charge >= 0.3 is 0 Å². The third-order valence-corrected chi connectivity index (χ3v) is 4.09. The van der Waals surface area contributed by atoms with Crippen molar-refractivity contribution < 1.29 is 4.79 Å². The number of hydrogen-bond acceptors (Lipinski definition) is 5. The van der Waals surface area contributed by atoms with E-state index in [2.05, 4.69) is 26.8 Å². The molecule has 6 heteroatoms. The van der Waals surface area contributed by atoms with Crippen molar-refractivity contribution in [3.05, 3.63) is 18.1 Å². The molecule has 0 spiro atoms. The van der Waals surface area contributed by atoms with Gasteiger partial charge in [-0.2, -0.15) is 0 Å². The fourth-order valence-electron chi connectivity index (χ4n) is 2.75. The molecule has 0 N–H and O–H groups in total. The lowest BCUT2D eigenvalue weighted by molar-refractivity contribution is 0.0787. The van der Waals surface area contributed by atoms with Crippen molar-refractivity contribution in [1.29, 1.82) is 0 Å². The molecule has 2 aliphatic heterocycles. The molecule has 0 aromatic carbocycles. The van der Waals surface area contributed by atoms with Crippen LogP contribution in [0.3, 0.4) is 0 Å². The Bertz CT molecular complexity index is 478. The molecule has 0 bridgehead atoms. The molecule has 0 aliphatic carbocycles. The van der Waals surface area contributed by atoms with Crippen LogP contribution in [0.15, 0.2) is 12.4 Å². The molecule has 20 heavy (non-hydrogen) atoms. The van der Waals surface area contributed by atoms with E-state index < -0.39 is 0 Å². The van der Waals surface area contributed by atoms with Gasteiger partial charge in [0.05, 0.1) is 0 Å². The van der Waals surface area contributed by atoms with Gasteiger partial charge in [-0.15, -0.1) is 0 Å². The fourth-order valence-corrected chi connectivity index (χ4v) is 2.75. The van der Waals surface area contributed by atoms with Crippen LogP contribution >= 0.6 is 0 Å². The third kappa shape index (κ3) is 2.75. The summed E-state index contributed by atoms with van der Waals surface area (Å²) in [5, 5.41) is 0. The predicted molar refractivity (Wildman–Crippen MR) is 76.9 cm³/mol. The summed E-state index contributed by atoms with van der Waals surface area (Å²) in [7, 11) is 2.12. The Morgan fingerprint density at radius 1 is 1.05 bits per heavy atom. The molecule has 108 valence electrons. The van der Waals surface area contributed by atoms with Crippen molar-refractivity contribution in [2.75, 3.05) is 51.2 Å². The maximum atomic E-state index is 12.3. The second-order valence-corrected chi connectivity index (χ2v) is 5.55. The SMILES string of the molecule is CN1CCN(c2cc(C(=O)N3CCCC3)ncn2)CC1. The first-order chi connectivity index (χ1) is 9.74. The Balaban J connectivity index is 1.73. The number of likely N-dealkylation sites (tertiary alicyclic amines) is 1. The number of carbonyl (C=O) groups is 1. The summed E-state index contributed by atoms with van der Waals surface area (Å²) < 4.78 is 0. The molecular formula is C14H21N5O. The number of carbonyl (C=O) groups excluding carboxylic acids is 1. The highest BCUT2D eigenvalue weighted by Gasteiger charge is 2.22. The normalized spacial score (nSPS) is 20.4. The lowest BCUT2D eigenvalue weighted by Gasteiger charge is -2.33. The van der Waals surface area contributed by atoms with Gasteiger partial charge in [0.1, 0.15) is 17.8 Å². The van der Waals surface area contributed by atoms with Crippen molar-refractivity contribution in [3.8, 4) is 0 Å². The first-order valence-corrected chi connectivity index (χ1v) is 7.29. The number of nitrogens with zero attached hydrogens (tertiary/aromatic N) is 5. The van der Waals surface area contributed by atoms with Gasteiger partial charge in [0.15, 0.2) is 0 Å². The predicted octanol–water partition coefficient (Wildman–Crippen LogP) is 0.464. The van der Waals surface area contributed by atoms with Gasteiger partial charge in [0.25, 0.3) is 5.91 Å². The zero-order valence-corrected chi connectivity index (χ0v) is 12.0. The second kappa shape index (κ2) is 5.75. The van der Waals surface area contributed by atoms with E-state index in [9.17, 15) is 4.79 Å². The molecule has 2 aliphatic rings. The van der Waals surface area contributed by atoms with Gasteiger partial charge in [0, 0.05) is 45.3 Å². The molecule has 1 aromatic heterocycles. The quantitative estimate of drug-likeness (QED) is 0.785. The van der Waals surface area contributed by atoms with Gasteiger partial charge in [-0.05, 0) is 19.9 Å². The van der Waals surface area contributed by atoms with Gasteiger partial charge in [0.2, 0.25) is 0 Å². The van der Waals surface area contributed by atoms with E-state index in [0.29, 0.717) is 5.69 Å². The van der Waals surface area contributed by atoms with Crippen LogP contribution in [0.2, 0.25) is 0 Å². The lowest BCUT2D eigenvalue weighted by Crippen LogP contribution is -2.45. The first kappa shape index (κ1) is 13.3. The van der Waals surface area contributed by atoms with E-state index >= 15 is 0 Å². The average molecular weight is 275 g/mol. The number of rotatable bonds is 2. The van der Waals surface area contributed by atoms with Crippen molar-refractivity contribution in [2.24, 2.45) is 0 Å². The second-order valence-electron chi connectivity index (χ2n) is 5.55. The third-order valence-electron chi connectivity index (χ3n) is 4.09. The smallest absolute Gasteiger partial charge is 0.272 e. The van der Waals surface area contributed by atoms with E-state index in [0.717, 1.165) is 57.9 Å². The van der Waals surface area contributed by atoms with Crippen LogP contribution in [0.1, 0.15) is 23.3 Å². The molecule has 0 radical (unpaired) electrons. The van der Waals surface area contributed by atoms with Crippen molar-refractivity contribution >= 4 is 11.7 Å². The van der Waals surface area contributed by atoms with E-state index in [1.54, 1.807) is 0 Å². The van der Waals surface area contributed by atoms with Crippen LogP contribution in [0.4, 0.5) is 5.82 Å². The van der Waals surface area contributed by atoms with E-state index in [1.807, 2.05) is 11.0 Å². The van der Waals surface area contributed by atoms with Gasteiger partial charge in [-0.25, -0.2) is 9.97 Å². The maximum Gasteiger partial charge on any atom is 0.272 e. The minimum atomic E-state index is 0.0419. The van der Waals surface area contributed by atoms with Crippen LogP contribution in [0, 0.1) is 0 Å². The molecule has 0 atom stereocenters. The van der Waals surface area contributed by atoms with Gasteiger partial charge < -0.3 is 14.7 Å². The largest absolute Gasteiger partial charge is 0.354 e. The summed E-state index contributed by atoms with van der Waals surface area (Å²) in [6.45, 7) is 5.66. The Kier molecular flexibility index (Phi) is 3.82. The molecule has 1 amide bonds. The molecule has 1 aromatic rings. The Hall–Kier alpha value is -1.69. The number of aromatic nitrogens is 2. The lowest BCUT2D eigenvalue weighted by atomic mass is 10.3. The molecule has 0 unspecified atom stereocenters. The highest BCUT2D eigenvalue weighted by Crippen LogP contribution is 2.16. The summed E-state index contributed by atoms with van der Waals surface area (Å²) in [5.41, 5.74) is 0.524. The highest BCUT2D eigenvalue weighted by molar-refractivity contribution is 5.93. The summed E-state index contributed by atoms with van der Waals surface area (Å²) >= 11 is 0. The zero-order valence-electron chi connectivity index (χ0n) is 12.0. The minimum absolute atomic E-state index is 0.0419. The van der Waals surface area contributed by atoms with E-state index in [-0.39, 0.29) is 5.91 Å². The topological polar surface area (TPSA) is 52.6 Å². The zero-order chi connectivity index (χ0) is 13.9. The van der Waals surface area contributed by atoms with Crippen LogP contribution in [0.5, 0.6) is 0 Å². The number of hydrogen-bond donors (Lipinski definition) is 0. The summed E-state index contributed by atoms with van der Waals surface area (Å²) in [6.07, 6.45) is 3.71. The Morgan fingerprint density at radius 2 is 1.75 bits per heavy atom. The van der Waals surface area contributed by atoms with Crippen molar-refractivity contribution in [1.82, 2.24) is 19.8 Å². The number of amides is 1. The standard InChI is InChI=1S/C14H21N5O/c1-17-6-8-18(9-7-17)13-10-12(15-11-16-13)14(20)19-4-2-3-5-19/h10-11H,2-9H2,1H3. The molecule has 6 nitrogen and oxygen atoms in total. The number of likely N-dealkylation sites (N-methyl/N-ethyl adjacent to an activating group) is 1. The molecule has 0 saturated carbocycles. The maximum absolute atomic E-state index is 12.3. The molecule has 2 saturated heterocycles. The van der Waals surface area contributed by atoms with Crippen LogP contribution < -0.4 is 4.90 Å². The van der Waals surface area contributed by atoms with Crippen molar-refractivity contribution in [3.63, 3.8) is 0 Å². The molecule has 3 rings (SSSR count). The minimum Gasteiger partial charge on any atom is -0.354 e. The Labute approximate surface area is 119 Å². The average Bonchev–Trinajstić information content (AvgIpc) is 3.01. The van der Waals surface area contributed by atoms with Crippen LogP contribution in [-0.4, -0.2) is 72.0 Å². The van der Waals surface area contributed by atoms with Crippen LogP contribution in [0.25, 0.3) is 0 Å². The number of anilines is 1. The number of piperazine rings is 1. The summed E-state index contributed by atoms with van der Waals surface area (Å²) in [4.78, 5) is 27.2. The van der Waals surface area contributed by atoms with Crippen molar-refractivity contribution in [2.45, 2.75) is 12.8 Å². The Morgan fingerprint density at radius 3 is 2.45 bits per heavy atom. The molecule has 3 heterocycles.